The van der Waals surface area contributed by atoms with Crippen molar-refractivity contribution in [3.05, 3.63) is 0 Å². The van der Waals surface area contributed by atoms with E-state index in [1.807, 2.05) is 0 Å². The van der Waals surface area contributed by atoms with Crippen LogP contribution in [-0.4, -0.2) is 53.2 Å². The second kappa shape index (κ2) is 18.4. The number of rotatable bonds is 19. The molecule has 170 valence electrons. The van der Waals surface area contributed by atoms with E-state index in [0.717, 1.165) is 19.3 Å². The number of hydrogen-bond donors (Lipinski definition) is 5. The Morgan fingerprint density at radius 3 is 1.93 bits per heavy atom. The number of hydrogen-bond acceptors (Lipinski definition) is 5. The van der Waals surface area contributed by atoms with Crippen molar-refractivity contribution in [2.45, 2.75) is 102 Å². The molecule has 0 radical (unpaired) electrons. The van der Waals surface area contributed by atoms with Gasteiger partial charge in [0.25, 0.3) is 0 Å². The van der Waals surface area contributed by atoms with Gasteiger partial charge < -0.3 is 26.6 Å². The van der Waals surface area contributed by atoms with Gasteiger partial charge in [-0.1, -0.05) is 58.3 Å². The number of nitrogens with one attached hydrogen (secondary N) is 2. The molecule has 0 aliphatic carbocycles. The predicted molar refractivity (Wildman–Crippen MR) is 113 cm³/mol. The van der Waals surface area contributed by atoms with Gasteiger partial charge in [-0.05, 0) is 32.2 Å². The minimum atomic E-state index is -1.38. The first-order valence-corrected chi connectivity index (χ1v) is 11.1. The molecule has 0 aliphatic heterocycles. The summed E-state index contributed by atoms with van der Waals surface area (Å²) in [5, 5.41) is 23.0. The van der Waals surface area contributed by atoms with E-state index in [-0.39, 0.29) is 5.91 Å². The molecule has 2 atom stereocenters. The fourth-order valence-corrected chi connectivity index (χ4v) is 3.08. The number of carbonyl (C=O) groups excluding carboxylic acids is 2. The first-order chi connectivity index (χ1) is 14.0. The van der Waals surface area contributed by atoms with Crippen LogP contribution >= 0.6 is 0 Å². The molecule has 0 saturated carbocycles. The first-order valence-electron chi connectivity index (χ1n) is 11.1. The van der Waals surface area contributed by atoms with E-state index in [9.17, 15) is 14.4 Å². The first kappa shape index (κ1) is 27.3. The Bertz CT molecular complexity index is 460. The third kappa shape index (κ3) is 14.9. The smallest absolute Gasteiger partial charge is 0.328 e. The summed E-state index contributed by atoms with van der Waals surface area (Å²) in [6.07, 6.45) is 12.5. The lowest BCUT2D eigenvalue weighted by molar-refractivity contribution is -0.143. The van der Waals surface area contributed by atoms with Crippen LogP contribution < -0.4 is 16.4 Å². The fourth-order valence-electron chi connectivity index (χ4n) is 3.08. The van der Waals surface area contributed by atoms with Crippen LogP contribution in [0.5, 0.6) is 0 Å². The number of carbonyl (C=O) groups is 3. The molecular formula is C21H41N3O5. The summed E-state index contributed by atoms with van der Waals surface area (Å²) in [6, 6.07) is -2.20. The highest BCUT2D eigenvalue weighted by molar-refractivity contribution is 5.90. The fraction of sp³-hybridized carbons (Fsp3) is 0.857. The van der Waals surface area contributed by atoms with Crippen molar-refractivity contribution in [1.29, 1.82) is 0 Å². The maximum Gasteiger partial charge on any atom is 0.328 e. The average Bonchev–Trinajstić information content (AvgIpc) is 2.69. The van der Waals surface area contributed by atoms with Gasteiger partial charge in [-0.3, -0.25) is 9.59 Å². The van der Waals surface area contributed by atoms with Crippen molar-refractivity contribution >= 4 is 17.8 Å². The molecule has 0 heterocycles. The molecule has 0 aromatic rings. The van der Waals surface area contributed by atoms with Crippen molar-refractivity contribution < 1.29 is 24.6 Å². The lowest BCUT2D eigenvalue weighted by Gasteiger charge is -2.20. The highest BCUT2D eigenvalue weighted by Crippen LogP contribution is 2.11. The number of nitrogens with two attached hydrogens (primary N) is 1. The summed E-state index contributed by atoms with van der Waals surface area (Å²) in [4.78, 5) is 35.5. The van der Waals surface area contributed by atoms with E-state index < -0.39 is 30.6 Å². The van der Waals surface area contributed by atoms with E-state index >= 15 is 0 Å². The normalized spacial score (nSPS) is 12.9. The molecule has 8 nitrogen and oxygen atoms in total. The number of aliphatic carboxylic acids is 1. The second-order valence-corrected chi connectivity index (χ2v) is 7.56. The Kier molecular flexibility index (Phi) is 17.3. The van der Waals surface area contributed by atoms with Crippen molar-refractivity contribution in [2.24, 2.45) is 5.73 Å². The lowest BCUT2D eigenvalue weighted by atomic mass is 10.1. The molecular weight excluding hydrogens is 374 g/mol. The summed E-state index contributed by atoms with van der Waals surface area (Å²) >= 11 is 0. The minimum absolute atomic E-state index is 0.211. The van der Waals surface area contributed by atoms with Crippen LogP contribution in [0.3, 0.4) is 0 Å². The third-order valence-electron chi connectivity index (χ3n) is 4.90. The molecule has 6 N–H and O–H groups in total. The zero-order valence-electron chi connectivity index (χ0n) is 18.0. The zero-order chi connectivity index (χ0) is 21.9. The maximum absolute atomic E-state index is 12.3. The number of unbranched alkanes of at least 4 members (excludes halogenated alkanes) is 9. The van der Waals surface area contributed by atoms with Crippen molar-refractivity contribution in [3.8, 4) is 0 Å². The topological polar surface area (TPSA) is 142 Å². The Morgan fingerprint density at radius 2 is 1.41 bits per heavy atom. The van der Waals surface area contributed by atoms with E-state index in [4.69, 9.17) is 15.9 Å². The Morgan fingerprint density at radius 1 is 0.828 bits per heavy atom. The van der Waals surface area contributed by atoms with Crippen molar-refractivity contribution in [3.63, 3.8) is 0 Å². The lowest BCUT2D eigenvalue weighted by Crippen LogP contribution is -2.52. The quantitative estimate of drug-likeness (QED) is 0.204. The Labute approximate surface area is 175 Å². The van der Waals surface area contributed by atoms with Crippen LogP contribution in [0.4, 0.5) is 0 Å². The highest BCUT2D eigenvalue weighted by Gasteiger charge is 2.25. The van der Waals surface area contributed by atoms with Gasteiger partial charge in [0.2, 0.25) is 11.8 Å². The average molecular weight is 416 g/mol. The van der Waals surface area contributed by atoms with Crippen LogP contribution in [0.15, 0.2) is 0 Å². The van der Waals surface area contributed by atoms with E-state index in [0.29, 0.717) is 32.2 Å². The van der Waals surface area contributed by atoms with Gasteiger partial charge in [0, 0.05) is 6.42 Å². The van der Waals surface area contributed by atoms with Crippen LogP contribution in [0.2, 0.25) is 0 Å². The van der Waals surface area contributed by atoms with Gasteiger partial charge in [-0.2, -0.15) is 0 Å². The SMILES string of the molecule is CCCCCCCCCCCC(=O)N[C@@H](CCCCN)C(=O)N[C@@H](CO)C(=O)O. The van der Waals surface area contributed by atoms with Gasteiger partial charge in [-0.15, -0.1) is 0 Å². The molecule has 0 aromatic heterocycles. The summed E-state index contributed by atoms with van der Waals surface area (Å²) in [5.41, 5.74) is 5.47. The van der Waals surface area contributed by atoms with Crippen molar-refractivity contribution in [2.75, 3.05) is 13.2 Å². The van der Waals surface area contributed by atoms with Gasteiger partial charge >= 0.3 is 5.97 Å². The number of carboxylic acids is 1. The molecule has 0 spiro atoms. The largest absolute Gasteiger partial charge is 0.480 e. The molecule has 0 bridgehead atoms. The van der Waals surface area contributed by atoms with E-state index in [1.165, 1.54) is 38.5 Å². The van der Waals surface area contributed by atoms with Gasteiger partial charge in [-0.25, -0.2) is 4.79 Å². The van der Waals surface area contributed by atoms with Crippen LogP contribution in [0.25, 0.3) is 0 Å². The molecule has 0 unspecified atom stereocenters. The molecule has 0 aliphatic rings. The zero-order valence-corrected chi connectivity index (χ0v) is 18.0. The molecule has 29 heavy (non-hydrogen) atoms. The number of aliphatic hydroxyl groups is 1. The second-order valence-electron chi connectivity index (χ2n) is 7.56. The molecule has 2 amide bonds. The highest BCUT2D eigenvalue weighted by atomic mass is 16.4. The minimum Gasteiger partial charge on any atom is -0.480 e. The van der Waals surface area contributed by atoms with Crippen LogP contribution in [0, 0.1) is 0 Å². The molecule has 0 aromatic carbocycles. The Hall–Kier alpha value is -1.67. The summed E-state index contributed by atoms with van der Waals surface area (Å²) in [5.74, 6) is -2.12. The number of carboxylic acid groups (broad SMARTS) is 1. The monoisotopic (exact) mass is 415 g/mol. The molecule has 0 rings (SSSR count). The van der Waals surface area contributed by atoms with E-state index in [1.54, 1.807) is 0 Å². The number of aliphatic hydroxyl groups excluding tert-OH is 1. The van der Waals surface area contributed by atoms with Crippen LogP contribution in [-0.2, 0) is 14.4 Å². The van der Waals surface area contributed by atoms with Gasteiger partial charge in [0.1, 0.15) is 12.1 Å². The van der Waals surface area contributed by atoms with Crippen molar-refractivity contribution in [1.82, 2.24) is 10.6 Å². The maximum atomic E-state index is 12.3. The summed E-state index contributed by atoms with van der Waals surface area (Å²) < 4.78 is 0. The Balaban J connectivity index is 4.25. The third-order valence-corrected chi connectivity index (χ3v) is 4.90. The number of amides is 2. The standard InChI is InChI=1S/C21H41N3O5/c1-2-3-4-5-6-7-8-9-10-14-19(26)23-17(13-11-12-15-22)20(27)24-18(16-25)21(28)29/h17-18,25H,2-16,22H2,1H3,(H,23,26)(H,24,27)(H,28,29)/t17-,18-/m0/s1. The van der Waals surface area contributed by atoms with Crippen LogP contribution in [0.1, 0.15) is 90.4 Å². The predicted octanol–water partition coefficient (Wildman–Crippen LogP) is 2.08. The van der Waals surface area contributed by atoms with Gasteiger partial charge in [0.05, 0.1) is 6.61 Å². The summed E-state index contributed by atoms with van der Waals surface area (Å²) in [6.45, 7) is 1.98. The molecule has 0 fully saturated rings. The summed E-state index contributed by atoms with van der Waals surface area (Å²) in [7, 11) is 0. The molecule has 8 heteroatoms. The molecule has 0 saturated heterocycles. The van der Waals surface area contributed by atoms with E-state index in [2.05, 4.69) is 17.6 Å². The van der Waals surface area contributed by atoms with Gasteiger partial charge in [0.15, 0.2) is 0 Å².